The van der Waals surface area contributed by atoms with Gasteiger partial charge in [-0.2, -0.15) is 5.10 Å². The molecule has 2 fully saturated rings. The first-order valence-electron chi connectivity index (χ1n) is 13.2. The highest BCUT2D eigenvalue weighted by atomic mass is 19.1. The molecule has 2 aliphatic heterocycles. The Kier molecular flexibility index (Phi) is 5.57. The quantitative estimate of drug-likeness (QED) is 0.344. The number of nitrogens with zero attached hydrogens (tertiary/aromatic N) is 6. The molecule has 1 aromatic carbocycles. The van der Waals surface area contributed by atoms with E-state index in [1.54, 1.807) is 12.3 Å². The summed E-state index contributed by atoms with van der Waals surface area (Å²) in [4.78, 5) is 22.2. The molecule has 2 aliphatic rings. The summed E-state index contributed by atoms with van der Waals surface area (Å²) in [5.41, 5.74) is 5.51. The van der Waals surface area contributed by atoms with Crippen LogP contribution in [0, 0.1) is 5.82 Å². The van der Waals surface area contributed by atoms with Crippen LogP contribution < -0.4 is 4.90 Å². The molecule has 0 radical (unpaired) electrons. The molecule has 0 aliphatic carbocycles. The third-order valence-corrected chi connectivity index (χ3v) is 7.62. The molecular weight excluding hydrogens is 467 g/mol. The van der Waals surface area contributed by atoms with E-state index in [9.17, 15) is 0 Å². The smallest absolute Gasteiger partial charge is 0.157 e. The summed E-state index contributed by atoms with van der Waals surface area (Å²) >= 11 is 0. The number of pyridine rings is 2. The fourth-order valence-corrected chi connectivity index (χ4v) is 5.73. The minimum Gasteiger partial charge on any atom is -0.355 e. The molecule has 0 amide bonds. The van der Waals surface area contributed by atoms with Crippen LogP contribution in [0.1, 0.15) is 37.7 Å². The topological polar surface area (TPSA) is 89.6 Å². The van der Waals surface area contributed by atoms with Gasteiger partial charge < -0.3 is 9.88 Å². The lowest BCUT2D eigenvalue weighted by molar-refractivity contribution is 0.331. The maximum atomic E-state index is 15.2. The van der Waals surface area contributed by atoms with Crippen molar-refractivity contribution in [2.75, 3.05) is 31.1 Å². The summed E-state index contributed by atoms with van der Waals surface area (Å²) in [6.07, 6.45) is 11.6. The van der Waals surface area contributed by atoms with Crippen LogP contribution in [-0.2, 0) is 6.54 Å². The van der Waals surface area contributed by atoms with Gasteiger partial charge in [0.25, 0.3) is 0 Å². The molecule has 2 saturated heterocycles. The summed E-state index contributed by atoms with van der Waals surface area (Å²) in [5, 5.41) is 8.01. The van der Waals surface area contributed by atoms with E-state index in [2.05, 4.69) is 41.0 Å². The molecular formula is C28H29FN8. The highest BCUT2D eigenvalue weighted by molar-refractivity contribution is 5.97. The lowest BCUT2D eigenvalue weighted by Crippen LogP contribution is -2.30. The number of fused-ring (bicyclic) bond motifs is 2. The Hall–Kier alpha value is -3.85. The SMILES string of the molecule is Fc1cc(-c2cncc(CN3CCCC3)c2)cc2c(-c3nc4c(N5CCCCC5)nccc4[nH]3)[nH]nc12. The van der Waals surface area contributed by atoms with Crippen molar-refractivity contribution < 1.29 is 4.39 Å². The molecule has 7 rings (SSSR count). The standard InChI is InChI=1S/C28H29FN8/c29-22-14-19(20-12-18(15-30-16-20)17-36-8-4-5-9-36)13-21-24(22)34-35-25(21)27-32-23-6-7-31-28(26(23)33-27)37-10-2-1-3-11-37/h6-7,12-16H,1-5,8-11,17H2,(H,32,33)(H,34,35). The number of nitrogens with one attached hydrogen (secondary N) is 2. The Labute approximate surface area is 213 Å². The largest absolute Gasteiger partial charge is 0.355 e. The minimum atomic E-state index is -0.369. The van der Waals surface area contributed by atoms with Gasteiger partial charge in [-0.15, -0.1) is 0 Å². The van der Waals surface area contributed by atoms with Crippen molar-refractivity contribution in [2.24, 2.45) is 0 Å². The summed E-state index contributed by atoms with van der Waals surface area (Å²) in [7, 11) is 0. The van der Waals surface area contributed by atoms with Crippen molar-refractivity contribution in [3.05, 3.63) is 54.2 Å². The van der Waals surface area contributed by atoms with E-state index in [0.717, 1.165) is 79.1 Å². The normalized spacial score (nSPS) is 16.8. The van der Waals surface area contributed by atoms with Crippen molar-refractivity contribution in [2.45, 2.75) is 38.6 Å². The van der Waals surface area contributed by atoms with E-state index in [-0.39, 0.29) is 5.82 Å². The molecule has 6 heterocycles. The highest BCUT2D eigenvalue weighted by Crippen LogP contribution is 2.34. The van der Waals surface area contributed by atoms with Crippen LogP contribution >= 0.6 is 0 Å². The number of rotatable bonds is 5. The van der Waals surface area contributed by atoms with Gasteiger partial charge in [0.1, 0.15) is 16.7 Å². The second-order valence-electron chi connectivity index (χ2n) is 10.2. The van der Waals surface area contributed by atoms with Crippen molar-refractivity contribution >= 4 is 27.8 Å². The number of H-pyrrole nitrogens is 2. The van der Waals surface area contributed by atoms with Gasteiger partial charge in [0.15, 0.2) is 17.5 Å². The Morgan fingerprint density at radius 2 is 1.73 bits per heavy atom. The fraction of sp³-hybridized carbons (Fsp3) is 0.357. The number of likely N-dealkylation sites (tertiary alicyclic amines) is 1. The Morgan fingerprint density at radius 1 is 0.892 bits per heavy atom. The molecule has 0 unspecified atom stereocenters. The number of aromatic amines is 2. The van der Waals surface area contributed by atoms with Crippen LogP contribution in [0.2, 0.25) is 0 Å². The number of hydrogen-bond acceptors (Lipinski definition) is 6. The highest BCUT2D eigenvalue weighted by Gasteiger charge is 2.21. The zero-order valence-corrected chi connectivity index (χ0v) is 20.7. The van der Waals surface area contributed by atoms with Gasteiger partial charge in [-0.25, -0.2) is 14.4 Å². The van der Waals surface area contributed by atoms with Crippen LogP contribution in [0.25, 0.3) is 44.6 Å². The number of aromatic nitrogens is 6. The second kappa shape index (κ2) is 9.23. The number of halogens is 1. The maximum absolute atomic E-state index is 15.2. The average Bonchev–Trinajstić information content (AvgIpc) is 3.69. The first-order valence-corrected chi connectivity index (χ1v) is 13.2. The van der Waals surface area contributed by atoms with E-state index >= 15 is 4.39 Å². The van der Waals surface area contributed by atoms with Crippen LogP contribution in [0.5, 0.6) is 0 Å². The summed E-state index contributed by atoms with van der Waals surface area (Å²) in [5.74, 6) is 1.16. The van der Waals surface area contributed by atoms with Gasteiger partial charge in [0, 0.05) is 49.2 Å². The molecule has 2 N–H and O–H groups in total. The third-order valence-electron chi connectivity index (χ3n) is 7.62. The van der Waals surface area contributed by atoms with E-state index in [0.29, 0.717) is 22.4 Å². The number of hydrogen-bond donors (Lipinski definition) is 2. The average molecular weight is 497 g/mol. The summed E-state index contributed by atoms with van der Waals surface area (Å²) in [6, 6.07) is 7.57. The van der Waals surface area contributed by atoms with Gasteiger partial charge in [0.2, 0.25) is 0 Å². The van der Waals surface area contributed by atoms with Gasteiger partial charge in [-0.1, -0.05) is 0 Å². The lowest BCUT2D eigenvalue weighted by atomic mass is 10.0. The van der Waals surface area contributed by atoms with Gasteiger partial charge in [-0.3, -0.25) is 15.0 Å². The van der Waals surface area contributed by atoms with E-state index in [1.165, 1.54) is 19.3 Å². The number of imidazole rings is 1. The summed E-state index contributed by atoms with van der Waals surface area (Å²) < 4.78 is 15.2. The number of piperidine rings is 1. The van der Waals surface area contributed by atoms with E-state index < -0.39 is 0 Å². The van der Waals surface area contributed by atoms with Gasteiger partial charge in [-0.05, 0) is 80.6 Å². The predicted octanol–water partition coefficient (Wildman–Crippen LogP) is 5.29. The van der Waals surface area contributed by atoms with Crippen LogP contribution in [0.3, 0.4) is 0 Å². The van der Waals surface area contributed by atoms with Crippen LogP contribution in [-0.4, -0.2) is 61.2 Å². The van der Waals surface area contributed by atoms with Gasteiger partial charge in [0.05, 0.1) is 5.52 Å². The Balaban J connectivity index is 1.28. The monoisotopic (exact) mass is 496 g/mol. The molecule has 8 nitrogen and oxygen atoms in total. The molecule has 0 spiro atoms. The van der Waals surface area contributed by atoms with Crippen molar-refractivity contribution in [3.63, 3.8) is 0 Å². The van der Waals surface area contributed by atoms with E-state index in [1.807, 2.05) is 24.5 Å². The van der Waals surface area contributed by atoms with Crippen molar-refractivity contribution in [1.29, 1.82) is 0 Å². The fourth-order valence-electron chi connectivity index (χ4n) is 5.73. The predicted molar refractivity (Wildman–Crippen MR) is 143 cm³/mol. The molecule has 4 aromatic heterocycles. The first-order chi connectivity index (χ1) is 18.2. The Morgan fingerprint density at radius 3 is 2.59 bits per heavy atom. The molecule has 0 atom stereocenters. The second-order valence-corrected chi connectivity index (χ2v) is 10.2. The molecule has 0 bridgehead atoms. The third kappa shape index (κ3) is 4.13. The van der Waals surface area contributed by atoms with Crippen molar-refractivity contribution in [1.82, 2.24) is 35.0 Å². The number of benzene rings is 1. The molecule has 9 heteroatoms. The lowest BCUT2D eigenvalue weighted by Gasteiger charge is -2.27. The van der Waals surface area contributed by atoms with E-state index in [4.69, 9.17) is 4.98 Å². The minimum absolute atomic E-state index is 0.301. The molecule has 0 saturated carbocycles. The van der Waals surface area contributed by atoms with Gasteiger partial charge >= 0.3 is 0 Å². The maximum Gasteiger partial charge on any atom is 0.157 e. The van der Waals surface area contributed by atoms with Crippen molar-refractivity contribution in [3.8, 4) is 22.6 Å². The zero-order valence-electron chi connectivity index (χ0n) is 20.7. The Bertz CT molecular complexity index is 1580. The molecule has 37 heavy (non-hydrogen) atoms. The first kappa shape index (κ1) is 22.4. The molecule has 5 aromatic rings. The number of anilines is 1. The van der Waals surface area contributed by atoms with Crippen LogP contribution in [0.15, 0.2) is 42.9 Å². The summed E-state index contributed by atoms with van der Waals surface area (Å²) in [6.45, 7) is 5.09. The zero-order chi connectivity index (χ0) is 24.8. The molecule has 188 valence electrons. The van der Waals surface area contributed by atoms with Crippen LogP contribution in [0.4, 0.5) is 10.2 Å².